The molecule has 1 fully saturated rings. The van der Waals surface area contributed by atoms with Crippen molar-refractivity contribution in [3.05, 3.63) is 0 Å². The van der Waals surface area contributed by atoms with E-state index in [1.807, 2.05) is 7.05 Å². The predicted octanol–water partition coefficient (Wildman–Crippen LogP) is 2.64. The van der Waals surface area contributed by atoms with Gasteiger partial charge in [-0.05, 0) is 64.7 Å². The molecule has 1 aliphatic carbocycles. The first kappa shape index (κ1) is 15.5. The molecule has 0 aromatic heterocycles. The third-order valence-corrected chi connectivity index (χ3v) is 4.41. The second-order valence-electron chi connectivity index (χ2n) is 6.20. The lowest BCUT2D eigenvalue weighted by molar-refractivity contribution is 0.249. The number of nitriles is 1. The van der Waals surface area contributed by atoms with E-state index >= 15 is 0 Å². The normalized spacial score (nSPS) is 27.9. The molecule has 104 valence electrons. The van der Waals surface area contributed by atoms with E-state index in [-0.39, 0.29) is 5.54 Å². The van der Waals surface area contributed by atoms with Gasteiger partial charge in [-0.1, -0.05) is 20.3 Å². The Kier molecular flexibility index (Phi) is 6.11. The fourth-order valence-corrected chi connectivity index (χ4v) is 2.97. The Morgan fingerprint density at radius 2 is 2.17 bits per heavy atom. The highest BCUT2D eigenvalue weighted by atomic mass is 15.1. The summed E-state index contributed by atoms with van der Waals surface area (Å²) in [7, 11) is 4.13. The van der Waals surface area contributed by atoms with Gasteiger partial charge < -0.3 is 10.2 Å². The Morgan fingerprint density at radius 1 is 1.44 bits per heavy atom. The highest BCUT2D eigenvalue weighted by Gasteiger charge is 2.41. The average molecular weight is 251 g/mol. The number of rotatable bonds is 7. The van der Waals surface area contributed by atoms with Crippen molar-refractivity contribution in [1.82, 2.24) is 10.2 Å². The minimum atomic E-state index is -0.251. The molecule has 0 spiro atoms. The predicted molar refractivity (Wildman–Crippen MR) is 76.3 cm³/mol. The van der Waals surface area contributed by atoms with E-state index in [4.69, 9.17) is 0 Å². The van der Waals surface area contributed by atoms with Crippen LogP contribution in [0.3, 0.4) is 0 Å². The lowest BCUT2D eigenvalue weighted by Gasteiger charge is -2.29. The molecule has 1 N–H and O–H groups in total. The molecule has 0 aromatic carbocycles. The smallest absolute Gasteiger partial charge is 0.109 e. The Hall–Kier alpha value is -0.590. The Labute approximate surface area is 113 Å². The fraction of sp³-hybridized carbons (Fsp3) is 0.933. The number of nitrogens with one attached hydrogen (secondary N) is 1. The van der Waals surface area contributed by atoms with Crippen LogP contribution >= 0.6 is 0 Å². The topological polar surface area (TPSA) is 39.1 Å². The zero-order chi connectivity index (χ0) is 13.6. The van der Waals surface area contributed by atoms with Crippen molar-refractivity contribution < 1.29 is 0 Å². The summed E-state index contributed by atoms with van der Waals surface area (Å²) >= 11 is 0. The zero-order valence-electron chi connectivity index (χ0n) is 12.5. The maximum Gasteiger partial charge on any atom is 0.109 e. The summed E-state index contributed by atoms with van der Waals surface area (Å²) < 4.78 is 0. The van der Waals surface area contributed by atoms with Gasteiger partial charge >= 0.3 is 0 Å². The molecule has 3 heteroatoms. The quantitative estimate of drug-likeness (QED) is 0.756. The highest BCUT2D eigenvalue weighted by Crippen LogP contribution is 2.37. The molecule has 0 saturated heterocycles. The minimum Gasteiger partial charge on any atom is -0.306 e. The van der Waals surface area contributed by atoms with Gasteiger partial charge in [-0.15, -0.1) is 0 Å². The Balaban J connectivity index is 2.36. The summed E-state index contributed by atoms with van der Waals surface area (Å²) in [6.45, 7) is 6.82. The minimum absolute atomic E-state index is 0.251. The molecule has 0 heterocycles. The number of hydrogen-bond donors (Lipinski definition) is 1. The molecular formula is C15H29N3. The second kappa shape index (κ2) is 7.11. The van der Waals surface area contributed by atoms with E-state index in [0.717, 1.165) is 25.3 Å². The molecule has 3 nitrogen and oxygen atoms in total. The van der Waals surface area contributed by atoms with Crippen LogP contribution in [0.4, 0.5) is 0 Å². The Bertz CT molecular complexity index is 282. The van der Waals surface area contributed by atoms with Crippen LogP contribution < -0.4 is 5.32 Å². The van der Waals surface area contributed by atoms with E-state index in [9.17, 15) is 5.26 Å². The summed E-state index contributed by atoms with van der Waals surface area (Å²) in [5.41, 5.74) is -0.251. The number of hydrogen-bond acceptors (Lipinski definition) is 3. The van der Waals surface area contributed by atoms with Crippen LogP contribution in [0.1, 0.15) is 46.0 Å². The summed E-state index contributed by atoms with van der Waals surface area (Å²) in [6.07, 6.45) is 5.81. The van der Waals surface area contributed by atoms with E-state index in [0.29, 0.717) is 5.92 Å². The molecule has 1 aliphatic rings. The average Bonchev–Trinajstić information content (AvgIpc) is 2.77. The van der Waals surface area contributed by atoms with Gasteiger partial charge in [0.1, 0.15) is 5.54 Å². The van der Waals surface area contributed by atoms with Crippen molar-refractivity contribution >= 4 is 0 Å². The molecule has 0 amide bonds. The largest absolute Gasteiger partial charge is 0.306 e. The molecule has 1 saturated carbocycles. The van der Waals surface area contributed by atoms with E-state index in [2.05, 4.69) is 37.2 Å². The third kappa shape index (κ3) is 3.96. The van der Waals surface area contributed by atoms with Gasteiger partial charge in [-0.3, -0.25) is 0 Å². The molecule has 0 aromatic rings. The summed E-state index contributed by atoms with van der Waals surface area (Å²) in [6, 6.07) is 2.52. The SMILES string of the molecule is CNC1(C#N)CCCC1CCN(C)CCC(C)C. The van der Waals surface area contributed by atoms with Crippen LogP contribution in [0.5, 0.6) is 0 Å². The second-order valence-corrected chi connectivity index (χ2v) is 6.20. The highest BCUT2D eigenvalue weighted by molar-refractivity contribution is 5.13. The van der Waals surface area contributed by atoms with E-state index in [1.54, 1.807) is 0 Å². The molecule has 0 aliphatic heterocycles. The van der Waals surface area contributed by atoms with Gasteiger partial charge in [0.25, 0.3) is 0 Å². The maximum atomic E-state index is 9.40. The molecule has 18 heavy (non-hydrogen) atoms. The fourth-order valence-electron chi connectivity index (χ4n) is 2.97. The zero-order valence-corrected chi connectivity index (χ0v) is 12.5. The van der Waals surface area contributed by atoms with Gasteiger partial charge in [0.2, 0.25) is 0 Å². The molecule has 0 bridgehead atoms. The van der Waals surface area contributed by atoms with Crippen LogP contribution in [0.25, 0.3) is 0 Å². The first-order valence-corrected chi connectivity index (χ1v) is 7.32. The number of nitrogens with zero attached hydrogens (tertiary/aromatic N) is 2. The van der Waals surface area contributed by atoms with Crippen LogP contribution in [0.2, 0.25) is 0 Å². The van der Waals surface area contributed by atoms with Crippen molar-refractivity contribution in [2.45, 2.75) is 51.5 Å². The van der Waals surface area contributed by atoms with Crippen LogP contribution in [-0.2, 0) is 0 Å². The third-order valence-electron chi connectivity index (χ3n) is 4.41. The molecular weight excluding hydrogens is 222 g/mol. The summed E-state index contributed by atoms with van der Waals surface area (Å²) in [5, 5.41) is 12.7. The van der Waals surface area contributed by atoms with Crippen molar-refractivity contribution in [3.63, 3.8) is 0 Å². The summed E-state index contributed by atoms with van der Waals surface area (Å²) in [4.78, 5) is 2.41. The monoisotopic (exact) mass is 251 g/mol. The van der Waals surface area contributed by atoms with Crippen molar-refractivity contribution in [1.29, 1.82) is 5.26 Å². The van der Waals surface area contributed by atoms with E-state index in [1.165, 1.54) is 25.8 Å². The van der Waals surface area contributed by atoms with Crippen LogP contribution in [0.15, 0.2) is 0 Å². The van der Waals surface area contributed by atoms with Crippen LogP contribution in [0, 0.1) is 23.2 Å². The van der Waals surface area contributed by atoms with Crippen molar-refractivity contribution in [3.8, 4) is 6.07 Å². The van der Waals surface area contributed by atoms with Gasteiger partial charge in [0.05, 0.1) is 6.07 Å². The van der Waals surface area contributed by atoms with Crippen molar-refractivity contribution in [2.75, 3.05) is 27.2 Å². The lowest BCUT2D eigenvalue weighted by atomic mass is 9.86. The first-order chi connectivity index (χ1) is 8.54. The molecule has 2 atom stereocenters. The van der Waals surface area contributed by atoms with E-state index < -0.39 is 0 Å². The van der Waals surface area contributed by atoms with Gasteiger partial charge in [0, 0.05) is 0 Å². The van der Waals surface area contributed by atoms with Gasteiger partial charge in [-0.2, -0.15) is 5.26 Å². The summed E-state index contributed by atoms with van der Waals surface area (Å²) in [5.74, 6) is 1.29. The molecule has 2 unspecified atom stereocenters. The molecule has 0 radical (unpaired) electrons. The first-order valence-electron chi connectivity index (χ1n) is 7.32. The van der Waals surface area contributed by atoms with Gasteiger partial charge in [0.15, 0.2) is 0 Å². The lowest BCUT2D eigenvalue weighted by Crippen LogP contribution is -2.45. The van der Waals surface area contributed by atoms with Crippen LogP contribution in [-0.4, -0.2) is 37.6 Å². The van der Waals surface area contributed by atoms with Crippen molar-refractivity contribution in [2.24, 2.45) is 11.8 Å². The Morgan fingerprint density at radius 3 is 2.72 bits per heavy atom. The van der Waals surface area contributed by atoms with Gasteiger partial charge in [-0.25, -0.2) is 0 Å². The maximum absolute atomic E-state index is 9.40. The molecule has 1 rings (SSSR count). The standard InChI is InChI=1S/C15H29N3/c1-13(2)7-10-18(4)11-8-14-6-5-9-15(14,12-16)17-3/h13-14,17H,5-11H2,1-4H3.